The molecule has 0 aliphatic carbocycles. The molecule has 2 atom stereocenters. The summed E-state index contributed by atoms with van der Waals surface area (Å²) in [6.45, 7) is 5.64. The Hall–Kier alpha value is -1.26. The third-order valence-electron chi connectivity index (χ3n) is 4.06. The number of hydrogen-bond acceptors (Lipinski definition) is 3. The highest BCUT2D eigenvalue weighted by Crippen LogP contribution is 2.18. The Morgan fingerprint density at radius 2 is 2.27 bits per heavy atom. The van der Waals surface area contributed by atoms with Crippen LogP contribution in [0.3, 0.4) is 0 Å². The third kappa shape index (κ3) is 4.89. The van der Waals surface area contributed by atoms with Crippen molar-refractivity contribution in [3.63, 3.8) is 0 Å². The summed E-state index contributed by atoms with van der Waals surface area (Å²) >= 11 is 0. The summed E-state index contributed by atoms with van der Waals surface area (Å²) < 4.78 is 5.92. The number of piperidine rings is 1. The number of likely N-dealkylation sites (tertiary alicyclic amines) is 1. The van der Waals surface area contributed by atoms with Crippen LogP contribution in [0.25, 0.3) is 0 Å². The molecule has 1 aromatic carbocycles. The normalized spacial score (nSPS) is 19.2. The SMILES string of the molecule is CCC(Oc1cccc(C)c1)C(=O)N1CCCC(NC)C1.Cl. The minimum absolute atomic E-state index is 0. The fourth-order valence-corrected chi connectivity index (χ4v) is 2.78. The number of likely N-dealkylation sites (N-methyl/N-ethyl adjacent to an activating group) is 1. The molecule has 1 amide bonds. The smallest absolute Gasteiger partial charge is 0.263 e. The number of halogens is 1. The Morgan fingerprint density at radius 1 is 1.50 bits per heavy atom. The van der Waals surface area contributed by atoms with E-state index in [0.717, 1.165) is 37.2 Å². The molecular weight excluding hydrogens is 300 g/mol. The van der Waals surface area contributed by atoms with Gasteiger partial charge in [0.25, 0.3) is 5.91 Å². The summed E-state index contributed by atoms with van der Waals surface area (Å²) in [6, 6.07) is 8.27. The first kappa shape index (κ1) is 18.8. The summed E-state index contributed by atoms with van der Waals surface area (Å²) in [6.07, 6.45) is 2.49. The number of aryl methyl sites for hydroxylation is 1. The molecule has 0 bridgehead atoms. The van der Waals surface area contributed by atoms with Crippen LogP contribution < -0.4 is 10.1 Å². The van der Waals surface area contributed by atoms with Gasteiger partial charge in [0, 0.05) is 19.1 Å². The van der Waals surface area contributed by atoms with Crippen molar-refractivity contribution in [2.75, 3.05) is 20.1 Å². The van der Waals surface area contributed by atoms with Crippen molar-refractivity contribution in [1.29, 1.82) is 0 Å². The van der Waals surface area contributed by atoms with Gasteiger partial charge in [-0.15, -0.1) is 12.4 Å². The largest absolute Gasteiger partial charge is 0.481 e. The molecule has 1 heterocycles. The maximum absolute atomic E-state index is 12.7. The number of carbonyl (C=O) groups excluding carboxylic acids is 1. The molecule has 1 aliphatic rings. The van der Waals surface area contributed by atoms with E-state index in [-0.39, 0.29) is 24.4 Å². The average Bonchev–Trinajstić information content (AvgIpc) is 2.52. The van der Waals surface area contributed by atoms with Crippen LogP contribution in [0.15, 0.2) is 24.3 Å². The van der Waals surface area contributed by atoms with E-state index in [4.69, 9.17) is 4.74 Å². The van der Waals surface area contributed by atoms with E-state index >= 15 is 0 Å². The third-order valence-corrected chi connectivity index (χ3v) is 4.06. The van der Waals surface area contributed by atoms with Crippen molar-refractivity contribution < 1.29 is 9.53 Å². The molecule has 0 saturated carbocycles. The van der Waals surface area contributed by atoms with Gasteiger partial charge in [0.1, 0.15) is 5.75 Å². The first-order valence-corrected chi connectivity index (χ1v) is 7.83. The van der Waals surface area contributed by atoms with E-state index < -0.39 is 0 Å². The van der Waals surface area contributed by atoms with E-state index in [9.17, 15) is 4.79 Å². The van der Waals surface area contributed by atoms with Crippen LogP contribution in [0.5, 0.6) is 5.75 Å². The van der Waals surface area contributed by atoms with E-state index in [0.29, 0.717) is 12.5 Å². The van der Waals surface area contributed by atoms with Crippen molar-refractivity contribution >= 4 is 18.3 Å². The number of nitrogens with zero attached hydrogens (tertiary/aromatic N) is 1. The van der Waals surface area contributed by atoms with Gasteiger partial charge >= 0.3 is 0 Å². The Balaban J connectivity index is 0.00000242. The molecule has 1 aromatic rings. The number of ether oxygens (including phenoxy) is 1. The van der Waals surface area contributed by atoms with Crippen LogP contribution in [0.4, 0.5) is 0 Å². The van der Waals surface area contributed by atoms with Gasteiger partial charge in [-0.25, -0.2) is 0 Å². The molecule has 22 heavy (non-hydrogen) atoms. The molecule has 124 valence electrons. The lowest BCUT2D eigenvalue weighted by Crippen LogP contribution is -2.51. The monoisotopic (exact) mass is 326 g/mol. The maximum atomic E-state index is 12.7. The zero-order valence-corrected chi connectivity index (χ0v) is 14.5. The second-order valence-electron chi connectivity index (χ2n) is 5.74. The summed E-state index contributed by atoms with van der Waals surface area (Å²) in [5.41, 5.74) is 1.14. The molecule has 1 N–H and O–H groups in total. The van der Waals surface area contributed by atoms with E-state index in [1.54, 1.807) is 0 Å². The predicted molar refractivity (Wildman–Crippen MR) is 91.8 cm³/mol. The zero-order valence-electron chi connectivity index (χ0n) is 13.7. The minimum Gasteiger partial charge on any atom is -0.481 e. The second kappa shape index (κ2) is 9.01. The number of hydrogen-bond donors (Lipinski definition) is 1. The highest BCUT2D eigenvalue weighted by molar-refractivity contribution is 5.85. The van der Waals surface area contributed by atoms with Gasteiger partial charge < -0.3 is 15.0 Å². The lowest BCUT2D eigenvalue weighted by Gasteiger charge is -2.34. The van der Waals surface area contributed by atoms with Crippen molar-refractivity contribution in [2.24, 2.45) is 0 Å². The Bertz CT molecular complexity index is 481. The van der Waals surface area contributed by atoms with Gasteiger partial charge in [0.05, 0.1) is 0 Å². The molecule has 0 aromatic heterocycles. The highest BCUT2D eigenvalue weighted by Gasteiger charge is 2.28. The molecular formula is C17H27ClN2O2. The first-order chi connectivity index (χ1) is 10.1. The summed E-state index contributed by atoms with van der Waals surface area (Å²) in [4.78, 5) is 14.6. The topological polar surface area (TPSA) is 41.6 Å². The number of carbonyl (C=O) groups is 1. The Labute approximate surface area is 139 Å². The molecule has 0 radical (unpaired) electrons. The average molecular weight is 327 g/mol. The lowest BCUT2D eigenvalue weighted by atomic mass is 10.0. The maximum Gasteiger partial charge on any atom is 0.263 e. The van der Waals surface area contributed by atoms with E-state index in [1.165, 1.54) is 0 Å². The molecule has 2 rings (SSSR count). The summed E-state index contributed by atoms with van der Waals surface area (Å²) in [7, 11) is 1.96. The highest BCUT2D eigenvalue weighted by atomic mass is 35.5. The quantitative estimate of drug-likeness (QED) is 0.904. The van der Waals surface area contributed by atoms with Crippen LogP contribution in [0.2, 0.25) is 0 Å². The van der Waals surface area contributed by atoms with Gasteiger partial charge in [-0.1, -0.05) is 19.1 Å². The van der Waals surface area contributed by atoms with Crippen molar-refractivity contribution in [3.8, 4) is 5.75 Å². The number of amides is 1. The fourth-order valence-electron chi connectivity index (χ4n) is 2.78. The molecule has 1 fully saturated rings. The standard InChI is InChI=1S/C17H26N2O2.ClH/c1-4-16(21-15-9-5-7-13(2)11-15)17(20)19-10-6-8-14(12-19)18-3;/h5,7,9,11,14,16,18H,4,6,8,10,12H2,1-3H3;1H. The van der Waals surface area contributed by atoms with Crippen LogP contribution in [-0.2, 0) is 4.79 Å². The van der Waals surface area contributed by atoms with Crippen LogP contribution in [0.1, 0.15) is 31.7 Å². The minimum atomic E-state index is -0.387. The first-order valence-electron chi connectivity index (χ1n) is 7.83. The van der Waals surface area contributed by atoms with Crippen LogP contribution >= 0.6 is 12.4 Å². The lowest BCUT2D eigenvalue weighted by molar-refractivity contribution is -0.140. The molecule has 4 nitrogen and oxygen atoms in total. The van der Waals surface area contributed by atoms with Crippen LogP contribution in [-0.4, -0.2) is 43.1 Å². The molecule has 0 spiro atoms. The Morgan fingerprint density at radius 3 is 2.91 bits per heavy atom. The van der Waals surface area contributed by atoms with E-state index in [1.807, 2.05) is 50.1 Å². The van der Waals surface area contributed by atoms with Gasteiger partial charge in [-0.05, 0) is 50.9 Å². The molecule has 1 saturated heterocycles. The van der Waals surface area contributed by atoms with Crippen LogP contribution in [0, 0.1) is 6.92 Å². The van der Waals surface area contributed by atoms with Gasteiger partial charge in [-0.2, -0.15) is 0 Å². The van der Waals surface area contributed by atoms with Crippen molar-refractivity contribution in [3.05, 3.63) is 29.8 Å². The van der Waals surface area contributed by atoms with Gasteiger partial charge in [-0.3, -0.25) is 4.79 Å². The van der Waals surface area contributed by atoms with Gasteiger partial charge in [0.2, 0.25) is 0 Å². The number of nitrogens with one attached hydrogen (secondary N) is 1. The van der Waals surface area contributed by atoms with E-state index in [2.05, 4.69) is 5.32 Å². The predicted octanol–water partition coefficient (Wildman–Crippen LogP) is 2.78. The van der Waals surface area contributed by atoms with Crippen molar-refractivity contribution in [1.82, 2.24) is 10.2 Å². The summed E-state index contributed by atoms with van der Waals surface area (Å²) in [5, 5.41) is 3.27. The summed E-state index contributed by atoms with van der Waals surface area (Å²) in [5.74, 6) is 0.885. The fraction of sp³-hybridized carbons (Fsp3) is 0.588. The van der Waals surface area contributed by atoms with Crippen molar-refractivity contribution in [2.45, 2.75) is 45.3 Å². The molecule has 5 heteroatoms. The molecule has 1 aliphatic heterocycles. The second-order valence-corrected chi connectivity index (χ2v) is 5.74. The zero-order chi connectivity index (χ0) is 15.2. The number of rotatable bonds is 5. The number of benzene rings is 1. The Kier molecular flexibility index (Phi) is 7.69. The molecule has 2 unspecified atom stereocenters. The van der Waals surface area contributed by atoms with Gasteiger partial charge in [0.15, 0.2) is 6.10 Å².